The SMILES string of the molecule is C.CC.CCC.CC[C@H]1OC(=O)[C@H](C)[C@@H](O[C@H]2C[C@@](C)(OC)[C@@H](O)[C@H](C)O2)[C@H](C)[C@@H](C)[C@](C)(OC)C[C@@H](C)C(=O)[C@H](C)C(OC/C=C/c2cnc3ccccc3c2)[C@]1(C)O.CC[C@H]1OC(=O)[C@H](C)[C@H]2OC3(CCNCC3)O[C@](C)(C[C@@H](C)CN(C)[C@H](C)[C@@H](O)[C@]1(C)O)[C@H](C)[C@H]2C. The van der Waals surface area contributed by atoms with Gasteiger partial charge in [-0.05, 0) is 142 Å². The van der Waals surface area contributed by atoms with Crippen molar-refractivity contribution < 1.29 is 77.4 Å². The molecule has 5 aliphatic rings. The summed E-state index contributed by atoms with van der Waals surface area (Å²) >= 11 is 0. The smallest absolute Gasteiger partial charge is 0.311 e. The normalized spacial score (nSPS) is 40.8. The minimum Gasteiger partial charge on any atom is -0.459 e. The van der Waals surface area contributed by atoms with Gasteiger partial charge in [-0.25, -0.2) is 0 Å². The third kappa shape index (κ3) is 20.6. The lowest BCUT2D eigenvalue weighted by molar-refractivity contribution is -0.307. The van der Waals surface area contributed by atoms with Crippen LogP contribution in [0.2, 0.25) is 0 Å². The zero-order valence-corrected chi connectivity index (χ0v) is 63.2. The van der Waals surface area contributed by atoms with Gasteiger partial charge in [0.2, 0.25) is 0 Å². The van der Waals surface area contributed by atoms with E-state index in [0.717, 1.165) is 55.4 Å². The first-order valence-corrected chi connectivity index (χ1v) is 36.0. The van der Waals surface area contributed by atoms with Crippen molar-refractivity contribution in [2.75, 3.05) is 47.5 Å². The average Bonchev–Trinajstić information content (AvgIpc) is 1.58. The van der Waals surface area contributed by atoms with Gasteiger partial charge < -0.3 is 73.3 Å². The molecule has 19 nitrogen and oxygen atoms in total. The first kappa shape index (κ1) is 86.7. The fourth-order valence-corrected chi connectivity index (χ4v) is 15.5. The number of benzene rings is 1. The molecule has 0 amide bonds. The van der Waals surface area contributed by atoms with E-state index in [1.54, 1.807) is 55.0 Å². The van der Waals surface area contributed by atoms with Gasteiger partial charge in [-0.15, -0.1) is 0 Å². The molecule has 2 bridgehead atoms. The number of piperidine rings is 1. The quantitative estimate of drug-likeness (QED) is 0.139. The summed E-state index contributed by atoms with van der Waals surface area (Å²) in [6.07, 6.45) is 2.99. The molecular formula is C77H135N3O16. The Morgan fingerprint density at radius 2 is 1.29 bits per heavy atom. The monoisotopic (exact) mass is 1360 g/mol. The molecule has 19 heteroatoms. The number of ether oxygens (including phenoxy) is 9. The Hall–Kier alpha value is -3.54. The van der Waals surface area contributed by atoms with E-state index in [1.165, 1.54) is 6.42 Å². The van der Waals surface area contributed by atoms with E-state index in [2.05, 4.69) is 56.7 Å². The molecule has 0 aliphatic carbocycles. The van der Waals surface area contributed by atoms with Crippen LogP contribution in [-0.4, -0.2) is 190 Å². The van der Waals surface area contributed by atoms with Gasteiger partial charge in [0.05, 0.1) is 65.2 Å². The van der Waals surface area contributed by atoms with Crippen molar-refractivity contribution in [3.8, 4) is 0 Å². The topological polar surface area (TPSA) is 243 Å². The highest BCUT2D eigenvalue weighted by Gasteiger charge is 2.56. The molecule has 1 aromatic heterocycles. The van der Waals surface area contributed by atoms with Crippen LogP contribution in [0.4, 0.5) is 0 Å². The van der Waals surface area contributed by atoms with Crippen LogP contribution in [0.25, 0.3) is 17.0 Å². The van der Waals surface area contributed by atoms with Crippen LogP contribution in [0.3, 0.4) is 0 Å². The van der Waals surface area contributed by atoms with E-state index in [9.17, 15) is 34.8 Å². The third-order valence-electron chi connectivity index (χ3n) is 22.3. The van der Waals surface area contributed by atoms with Gasteiger partial charge in [-0.1, -0.05) is 134 Å². The summed E-state index contributed by atoms with van der Waals surface area (Å²) in [4.78, 5) is 48.7. The van der Waals surface area contributed by atoms with Crippen LogP contribution in [0.15, 0.2) is 42.6 Å². The second-order valence-electron chi connectivity index (χ2n) is 29.8. The Labute approximate surface area is 579 Å². The highest BCUT2D eigenvalue weighted by atomic mass is 16.7. The molecule has 5 aliphatic heterocycles. The largest absolute Gasteiger partial charge is 0.459 e. The number of cyclic esters (lactones) is 2. The number of pyridine rings is 1. The maximum absolute atomic E-state index is 14.3. The molecule has 0 saturated carbocycles. The summed E-state index contributed by atoms with van der Waals surface area (Å²) in [5.74, 6) is -4.41. The summed E-state index contributed by atoms with van der Waals surface area (Å²) in [6.45, 7) is 45.2. The number of methoxy groups -OCH3 is 2. The number of rotatable bonds is 10. The van der Waals surface area contributed by atoms with Gasteiger partial charge in [0.15, 0.2) is 12.1 Å². The van der Waals surface area contributed by atoms with Crippen molar-refractivity contribution in [2.45, 2.75) is 306 Å². The van der Waals surface area contributed by atoms with Crippen molar-refractivity contribution in [2.24, 2.45) is 53.3 Å². The summed E-state index contributed by atoms with van der Waals surface area (Å²) in [5, 5.41) is 50.2. The van der Waals surface area contributed by atoms with Gasteiger partial charge >= 0.3 is 11.9 Å². The average molecular weight is 1360 g/mol. The van der Waals surface area contributed by atoms with Crippen molar-refractivity contribution in [3.63, 3.8) is 0 Å². The van der Waals surface area contributed by atoms with E-state index >= 15 is 0 Å². The highest BCUT2D eigenvalue weighted by Crippen LogP contribution is 2.49. The number of fused-ring (bicyclic) bond motifs is 4. The molecule has 1 spiro atoms. The Kier molecular flexibility index (Phi) is 33.8. The number of carbonyl (C=O) groups is 3. The summed E-state index contributed by atoms with van der Waals surface area (Å²) in [7, 11) is 5.16. The number of aliphatic hydroxyl groups excluding tert-OH is 2. The summed E-state index contributed by atoms with van der Waals surface area (Å²) in [5.41, 5.74) is -3.75. The number of aromatic nitrogens is 1. The molecule has 1 aromatic carbocycles. The van der Waals surface area contributed by atoms with Gasteiger partial charge in [0, 0.05) is 82.6 Å². The zero-order valence-electron chi connectivity index (χ0n) is 63.2. The van der Waals surface area contributed by atoms with Crippen molar-refractivity contribution in [3.05, 3.63) is 48.2 Å². The lowest BCUT2D eigenvalue weighted by Crippen LogP contribution is -2.59. The Morgan fingerprint density at radius 1 is 0.729 bits per heavy atom. The lowest BCUT2D eigenvalue weighted by Gasteiger charge is -2.48. The number of Topliss-reactive ketones (excluding diaryl/α,β-unsaturated/α-hetero) is 1. The van der Waals surface area contributed by atoms with E-state index in [0.29, 0.717) is 12.8 Å². The standard InChI is InChI=1S/C43H65NO10.C28H52N2O6.C3H8.C2H6.CH4/c1-13-34-43(10,48)39(51-20-16-17-31-21-32-18-14-15-19-33(32)44-24-31)27(4)36(45)25(2)22-41(8,49-11)29(6)26(3)37(28(5)40(47)53-34)54-35-23-42(9,50-12)38(46)30(7)52-35;1-10-22-27(8,33)24(31)21(6)30(9)16-17(2)15-26(7)20(5)18(3)23(19(4)25(32)34-22)35-28(36-26)11-13-29-14-12-28;1-3-2;1-2;/h14-19,21,24-30,34-35,37-39,46,48H,13,20,22-23H2,1-12H3;17-24,29,31,33H,10-16H2,1-9H3;3H2,1-2H3;1-2H3;1H4/b17-16+;;;;/t25-,26-,27+,28-,29-,30+,34-,35+,37+,38+,39?,41-,42-,43-;17-,18-,19-,20-,21-,22-,23+,24-,26-,27-;;;/m11.../s1. The molecule has 24 atom stereocenters. The second kappa shape index (κ2) is 37.4. The Balaban J connectivity index is 0.000000496. The van der Waals surface area contributed by atoms with Crippen LogP contribution in [0.1, 0.15) is 217 Å². The molecule has 6 heterocycles. The molecule has 5 saturated heterocycles. The second-order valence-corrected chi connectivity index (χ2v) is 29.8. The number of nitrogens with one attached hydrogen (secondary N) is 1. The van der Waals surface area contributed by atoms with Gasteiger partial charge in [-0.3, -0.25) is 19.4 Å². The summed E-state index contributed by atoms with van der Waals surface area (Å²) < 4.78 is 57.2. The number of carbonyl (C=O) groups excluding carboxylic acids is 3. The van der Waals surface area contributed by atoms with Crippen LogP contribution in [0.5, 0.6) is 0 Å². The van der Waals surface area contributed by atoms with Crippen LogP contribution in [0, 0.1) is 53.3 Å². The van der Waals surface area contributed by atoms with E-state index < -0.39 is 118 Å². The number of likely N-dealkylation sites (N-methyl/N-ethyl adjacent to an activating group) is 1. The van der Waals surface area contributed by atoms with Crippen molar-refractivity contribution in [1.29, 1.82) is 0 Å². The first-order chi connectivity index (χ1) is 44.4. The maximum atomic E-state index is 14.3. The van der Waals surface area contributed by atoms with E-state index in [-0.39, 0.29) is 74.4 Å². The molecule has 0 radical (unpaired) electrons. The highest BCUT2D eigenvalue weighted by molar-refractivity contribution is 5.84. The number of nitrogens with zero attached hydrogens (tertiary/aromatic N) is 2. The Bertz CT molecular complexity index is 2710. The molecule has 554 valence electrons. The number of para-hydroxylation sites is 1. The molecule has 5 fully saturated rings. The molecular weight excluding hydrogens is 1220 g/mol. The first-order valence-electron chi connectivity index (χ1n) is 36.0. The number of hydrogen-bond donors (Lipinski definition) is 5. The molecule has 5 N–H and O–H groups in total. The predicted molar refractivity (Wildman–Crippen MR) is 381 cm³/mol. The van der Waals surface area contributed by atoms with Crippen molar-refractivity contribution >= 4 is 34.7 Å². The molecule has 7 rings (SSSR count). The van der Waals surface area contributed by atoms with E-state index in [4.69, 9.17) is 42.6 Å². The lowest BCUT2D eigenvalue weighted by atomic mass is 9.70. The van der Waals surface area contributed by atoms with Gasteiger partial charge in [0.25, 0.3) is 0 Å². The Morgan fingerprint density at radius 3 is 1.86 bits per heavy atom. The molecule has 96 heavy (non-hydrogen) atoms. The summed E-state index contributed by atoms with van der Waals surface area (Å²) in [6, 6.07) is 9.57. The third-order valence-corrected chi connectivity index (χ3v) is 22.3. The maximum Gasteiger partial charge on any atom is 0.311 e. The van der Waals surface area contributed by atoms with Crippen LogP contribution < -0.4 is 5.32 Å². The van der Waals surface area contributed by atoms with E-state index in [1.807, 2.05) is 126 Å². The minimum atomic E-state index is -1.75. The minimum absolute atomic E-state index is 0. The number of esters is 2. The molecule has 2 aromatic rings. The van der Waals surface area contributed by atoms with Gasteiger partial charge in [-0.2, -0.15) is 0 Å². The van der Waals surface area contributed by atoms with Gasteiger partial charge in [0.1, 0.15) is 41.4 Å². The number of ketones is 1. The van der Waals surface area contributed by atoms with Crippen LogP contribution in [-0.2, 0) is 57.0 Å². The molecule has 1 unspecified atom stereocenters. The number of aliphatic hydroxyl groups is 4. The fraction of sp³-hybridized carbons (Fsp3) is 0.818. The van der Waals surface area contributed by atoms with Crippen LogP contribution >= 0.6 is 0 Å². The van der Waals surface area contributed by atoms with Crippen molar-refractivity contribution in [1.82, 2.24) is 15.2 Å². The predicted octanol–water partition coefficient (Wildman–Crippen LogP) is 12.6. The fourth-order valence-electron chi connectivity index (χ4n) is 15.5. The zero-order chi connectivity index (χ0) is 71.9. The number of hydrogen-bond acceptors (Lipinski definition) is 19.